The Morgan fingerprint density at radius 2 is 1.88 bits per heavy atom. The third-order valence-electron chi connectivity index (χ3n) is 2.38. The maximum atomic E-state index is 9.08. The highest BCUT2D eigenvalue weighted by atomic mass is 32.2. The maximum absolute atomic E-state index is 9.08. The van der Waals surface area contributed by atoms with E-state index in [-0.39, 0.29) is 6.61 Å². The molecule has 0 aliphatic carbocycles. The Balaban J connectivity index is 2.26. The van der Waals surface area contributed by atoms with E-state index >= 15 is 0 Å². The van der Waals surface area contributed by atoms with Gasteiger partial charge in [-0.15, -0.1) is 0 Å². The monoisotopic (exact) mass is 246 g/mol. The molecule has 0 aliphatic rings. The first-order chi connectivity index (χ1) is 8.33. The number of hydrogen-bond donors (Lipinski definition) is 1. The van der Waals surface area contributed by atoms with Gasteiger partial charge in [-0.05, 0) is 29.8 Å². The summed E-state index contributed by atoms with van der Waals surface area (Å²) >= 11 is 1.65. The van der Waals surface area contributed by atoms with Gasteiger partial charge < -0.3 is 9.84 Å². The van der Waals surface area contributed by atoms with Crippen molar-refractivity contribution in [2.45, 2.75) is 16.4 Å². The van der Waals surface area contributed by atoms with E-state index in [9.17, 15) is 0 Å². The van der Waals surface area contributed by atoms with E-state index in [4.69, 9.17) is 9.84 Å². The van der Waals surface area contributed by atoms with E-state index in [1.165, 1.54) is 4.90 Å². The molecule has 2 nitrogen and oxygen atoms in total. The summed E-state index contributed by atoms with van der Waals surface area (Å²) in [6, 6.07) is 15.9. The number of ether oxygens (including phenoxy) is 1. The predicted octanol–water partition coefficient (Wildman–Crippen LogP) is 3.34. The van der Waals surface area contributed by atoms with E-state index in [0.29, 0.717) is 0 Å². The van der Waals surface area contributed by atoms with E-state index in [2.05, 4.69) is 12.1 Å². The molecule has 0 saturated heterocycles. The molecular weight excluding hydrogens is 232 g/mol. The van der Waals surface area contributed by atoms with Crippen LogP contribution < -0.4 is 4.74 Å². The van der Waals surface area contributed by atoms with Crippen LogP contribution in [0.2, 0.25) is 0 Å². The average Bonchev–Trinajstić information content (AvgIpc) is 2.40. The highest BCUT2D eigenvalue weighted by molar-refractivity contribution is 7.99. The topological polar surface area (TPSA) is 29.5 Å². The van der Waals surface area contributed by atoms with Crippen molar-refractivity contribution in [3.05, 3.63) is 54.1 Å². The van der Waals surface area contributed by atoms with Crippen molar-refractivity contribution < 1.29 is 9.84 Å². The van der Waals surface area contributed by atoms with Gasteiger partial charge in [0.15, 0.2) is 0 Å². The molecule has 0 aliphatic heterocycles. The van der Waals surface area contributed by atoms with Crippen molar-refractivity contribution in [3.63, 3.8) is 0 Å². The van der Waals surface area contributed by atoms with Crippen molar-refractivity contribution in [1.82, 2.24) is 0 Å². The van der Waals surface area contributed by atoms with Gasteiger partial charge in [-0.3, -0.25) is 0 Å². The van der Waals surface area contributed by atoms with Crippen molar-refractivity contribution >= 4 is 11.8 Å². The molecule has 17 heavy (non-hydrogen) atoms. The number of hydrogen-bond acceptors (Lipinski definition) is 3. The second-order valence-corrected chi connectivity index (χ2v) is 4.67. The summed E-state index contributed by atoms with van der Waals surface area (Å²) in [6.07, 6.45) is 0. The largest absolute Gasteiger partial charge is 0.496 e. The molecule has 0 heterocycles. The average molecular weight is 246 g/mol. The molecule has 88 valence electrons. The minimum atomic E-state index is 0.0344. The van der Waals surface area contributed by atoms with E-state index in [1.54, 1.807) is 18.9 Å². The summed E-state index contributed by atoms with van der Waals surface area (Å²) in [7, 11) is 1.64. The summed E-state index contributed by atoms with van der Waals surface area (Å²) < 4.78 is 5.33. The summed E-state index contributed by atoms with van der Waals surface area (Å²) in [6.45, 7) is 0.0344. The van der Waals surface area contributed by atoms with Crippen molar-refractivity contribution in [1.29, 1.82) is 0 Å². The van der Waals surface area contributed by atoms with Crippen LogP contribution in [-0.2, 0) is 6.61 Å². The van der Waals surface area contributed by atoms with Crippen LogP contribution in [0.25, 0.3) is 0 Å². The molecule has 2 rings (SSSR count). The second-order valence-electron chi connectivity index (χ2n) is 3.56. The molecule has 0 spiro atoms. The third-order valence-corrected chi connectivity index (χ3v) is 3.45. The third kappa shape index (κ3) is 3.02. The predicted molar refractivity (Wildman–Crippen MR) is 69.5 cm³/mol. The molecule has 0 fully saturated rings. The highest BCUT2D eigenvalue weighted by Gasteiger charge is 2.05. The first-order valence-electron chi connectivity index (χ1n) is 5.34. The molecule has 0 amide bonds. The molecule has 0 bridgehead atoms. The highest BCUT2D eigenvalue weighted by Crippen LogP contribution is 2.35. The zero-order valence-corrected chi connectivity index (χ0v) is 10.4. The van der Waals surface area contributed by atoms with E-state index in [1.807, 2.05) is 36.4 Å². The Hall–Kier alpha value is -1.45. The fourth-order valence-corrected chi connectivity index (χ4v) is 2.44. The first kappa shape index (κ1) is 12.0. The standard InChI is InChI=1S/C14H14O2S/c1-16-13-9-11(10-15)7-8-14(13)17-12-5-3-2-4-6-12/h2-9,15H,10H2,1H3. The second kappa shape index (κ2) is 5.75. The zero-order valence-electron chi connectivity index (χ0n) is 9.59. The van der Waals surface area contributed by atoms with Crippen LogP contribution in [-0.4, -0.2) is 12.2 Å². The normalized spacial score (nSPS) is 10.2. The van der Waals surface area contributed by atoms with Crippen LogP contribution in [0.4, 0.5) is 0 Å². The number of aliphatic hydroxyl groups excluding tert-OH is 1. The molecule has 2 aromatic carbocycles. The van der Waals surface area contributed by atoms with Crippen LogP contribution in [0.5, 0.6) is 5.75 Å². The summed E-state index contributed by atoms with van der Waals surface area (Å²) in [4.78, 5) is 2.22. The molecule has 0 saturated carbocycles. The Bertz CT molecular complexity index is 483. The van der Waals surface area contributed by atoms with Crippen LogP contribution >= 0.6 is 11.8 Å². The van der Waals surface area contributed by atoms with Gasteiger partial charge in [0.05, 0.1) is 18.6 Å². The first-order valence-corrected chi connectivity index (χ1v) is 6.16. The summed E-state index contributed by atoms with van der Waals surface area (Å²) in [5, 5.41) is 9.08. The molecule has 3 heteroatoms. The Morgan fingerprint density at radius 3 is 2.53 bits per heavy atom. The van der Waals surface area contributed by atoms with Gasteiger partial charge in [0.25, 0.3) is 0 Å². The lowest BCUT2D eigenvalue weighted by Gasteiger charge is -2.09. The van der Waals surface area contributed by atoms with Gasteiger partial charge >= 0.3 is 0 Å². The number of methoxy groups -OCH3 is 1. The van der Waals surface area contributed by atoms with Crippen molar-refractivity contribution in [2.24, 2.45) is 0 Å². The van der Waals surface area contributed by atoms with Crippen LogP contribution in [0, 0.1) is 0 Å². The fourth-order valence-electron chi connectivity index (χ4n) is 1.51. The quantitative estimate of drug-likeness (QED) is 0.897. The maximum Gasteiger partial charge on any atom is 0.133 e. The van der Waals surface area contributed by atoms with Crippen molar-refractivity contribution in [2.75, 3.05) is 7.11 Å². The molecule has 0 unspecified atom stereocenters. The molecule has 0 aromatic heterocycles. The van der Waals surface area contributed by atoms with Gasteiger partial charge in [0.1, 0.15) is 5.75 Å². The van der Waals surface area contributed by atoms with Gasteiger partial charge in [-0.2, -0.15) is 0 Å². The van der Waals surface area contributed by atoms with Gasteiger partial charge in [-0.25, -0.2) is 0 Å². The Kier molecular flexibility index (Phi) is 4.07. The Morgan fingerprint density at radius 1 is 1.12 bits per heavy atom. The molecule has 2 aromatic rings. The zero-order chi connectivity index (χ0) is 12.1. The van der Waals surface area contributed by atoms with Gasteiger partial charge in [0.2, 0.25) is 0 Å². The van der Waals surface area contributed by atoms with Crippen LogP contribution in [0.3, 0.4) is 0 Å². The smallest absolute Gasteiger partial charge is 0.133 e. The summed E-state index contributed by atoms with van der Waals surface area (Å²) in [5.74, 6) is 0.797. The number of aliphatic hydroxyl groups is 1. The number of rotatable bonds is 4. The SMILES string of the molecule is COc1cc(CO)ccc1Sc1ccccc1. The van der Waals surface area contributed by atoms with Gasteiger partial charge in [0, 0.05) is 4.90 Å². The Labute approximate surface area is 105 Å². The molecule has 1 N–H and O–H groups in total. The van der Waals surface area contributed by atoms with Crippen molar-refractivity contribution in [3.8, 4) is 5.75 Å². The van der Waals surface area contributed by atoms with Crippen LogP contribution in [0.15, 0.2) is 58.3 Å². The van der Waals surface area contributed by atoms with Crippen LogP contribution in [0.1, 0.15) is 5.56 Å². The molecule has 0 atom stereocenters. The molecular formula is C14H14O2S. The van der Waals surface area contributed by atoms with E-state index in [0.717, 1.165) is 16.2 Å². The van der Waals surface area contributed by atoms with Gasteiger partial charge in [-0.1, -0.05) is 36.0 Å². The minimum absolute atomic E-state index is 0.0344. The lowest BCUT2D eigenvalue weighted by molar-refractivity contribution is 0.280. The fraction of sp³-hybridized carbons (Fsp3) is 0.143. The number of benzene rings is 2. The molecule has 0 radical (unpaired) electrons. The lowest BCUT2D eigenvalue weighted by atomic mass is 10.2. The van der Waals surface area contributed by atoms with E-state index < -0.39 is 0 Å². The minimum Gasteiger partial charge on any atom is -0.496 e. The lowest BCUT2D eigenvalue weighted by Crippen LogP contribution is -1.89. The summed E-state index contributed by atoms with van der Waals surface area (Å²) in [5.41, 5.74) is 0.860.